The van der Waals surface area contributed by atoms with Crippen molar-refractivity contribution in [1.82, 2.24) is 0 Å². The number of ether oxygens (including phenoxy) is 2. The molecule has 2 heteroatoms. The van der Waals surface area contributed by atoms with Gasteiger partial charge in [-0.05, 0) is 25.2 Å². The minimum absolute atomic E-state index is 0.0119. The Bertz CT molecular complexity index is 217. The quantitative estimate of drug-likeness (QED) is 0.508. The molecule has 1 heterocycles. The molecule has 0 bridgehead atoms. The summed E-state index contributed by atoms with van der Waals surface area (Å²) in [6, 6.07) is 0. The van der Waals surface area contributed by atoms with Crippen molar-refractivity contribution in [2.24, 2.45) is 0 Å². The van der Waals surface area contributed by atoms with Crippen LogP contribution >= 0.6 is 0 Å². The fraction of sp³-hybridized carbons (Fsp3) is 0.500. The van der Waals surface area contributed by atoms with E-state index in [9.17, 15) is 0 Å². The first kappa shape index (κ1) is 5.98. The number of methoxy groups -OCH3 is 1. The summed E-state index contributed by atoms with van der Waals surface area (Å²) in [6.07, 6.45) is 6.24. The third-order valence-corrected chi connectivity index (χ3v) is 2.02. The molecule has 0 amide bonds. The van der Waals surface area contributed by atoms with Gasteiger partial charge in [0.25, 0.3) is 0 Å². The second-order valence-corrected chi connectivity index (χ2v) is 2.83. The lowest BCUT2D eigenvalue weighted by Crippen LogP contribution is -2.07. The zero-order valence-corrected chi connectivity index (χ0v) is 6.13. The summed E-state index contributed by atoms with van der Waals surface area (Å²) in [7, 11) is 1.67. The fourth-order valence-corrected chi connectivity index (χ4v) is 1.16. The van der Waals surface area contributed by atoms with Crippen molar-refractivity contribution in [3.05, 3.63) is 24.0 Å². The highest BCUT2D eigenvalue weighted by molar-refractivity contribution is 5.33. The Hall–Kier alpha value is -0.760. The van der Waals surface area contributed by atoms with Crippen molar-refractivity contribution in [3.8, 4) is 0 Å². The second-order valence-electron chi connectivity index (χ2n) is 2.83. The summed E-state index contributed by atoms with van der Waals surface area (Å²) in [5.74, 6) is 0.903. The second kappa shape index (κ2) is 1.64. The molecule has 10 heavy (non-hydrogen) atoms. The summed E-state index contributed by atoms with van der Waals surface area (Å²) in [5, 5.41) is 0. The number of hydrogen-bond donors (Lipinski definition) is 0. The molecule has 2 aliphatic rings. The number of epoxide rings is 1. The molecule has 2 rings (SSSR count). The molecule has 54 valence electrons. The summed E-state index contributed by atoms with van der Waals surface area (Å²) in [4.78, 5) is 0. The van der Waals surface area contributed by atoms with Crippen molar-refractivity contribution in [3.63, 3.8) is 0 Å². The SMILES string of the molecule is COC1=CC2OC2(C)C=C1. The average Bonchev–Trinajstić information content (AvgIpc) is 2.59. The lowest BCUT2D eigenvalue weighted by atomic mass is 10.0. The Labute approximate surface area is 60.1 Å². The van der Waals surface area contributed by atoms with Gasteiger partial charge in [0.2, 0.25) is 0 Å². The van der Waals surface area contributed by atoms with Crippen LogP contribution in [0.2, 0.25) is 0 Å². The Morgan fingerprint density at radius 1 is 1.70 bits per heavy atom. The van der Waals surface area contributed by atoms with E-state index < -0.39 is 0 Å². The number of allylic oxidation sites excluding steroid dienone is 1. The van der Waals surface area contributed by atoms with Crippen LogP contribution in [-0.4, -0.2) is 18.8 Å². The summed E-state index contributed by atoms with van der Waals surface area (Å²) >= 11 is 0. The minimum atomic E-state index is -0.0119. The molecule has 0 N–H and O–H groups in total. The maximum absolute atomic E-state index is 5.35. The molecule has 1 fully saturated rings. The normalized spacial score (nSPS) is 42.2. The highest BCUT2D eigenvalue weighted by atomic mass is 16.6. The number of fused-ring (bicyclic) bond motifs is 1. The van der Waals surface area contributed by atoms with E-state index in [-0.39, 0.29) is 11.7 Å². The topological polar surface area (TPSA) is 21.8 Å². The van der Waals surface area contributed by atoms with E-state index in [1.807, 2.05) is 18.2 Å². The van der Waals surface area contributed by atoms with Gasteiger partial charge >= 0.3 is 0 Å². The van der Waals surface area contributed by atoms with Crippen LogP contribution in [0.3, 0.4) is 0 Å². The molecule has 1 aliphatic heterocycles. The third kappa shape index (κ3) is 0.688. The molecular weight excluding hydrogens is 128 g/mol. The Morgan fingerprint density at radius 2 is 2.50 bits per heavy atom. The van der Waals surface area contributed by atoms with Crippen molar-refractivity contribution in [2.45, 2.75) is 18.6 Å². The maximum atomic E-state index is 5.35. The third-order valence-electron chi connectivity index (χ3n) is 2.02. The van der Waals surface area contributed by atoms with Gasteiger partial charge in [0, 0.05) is 0 Å². The van der Waals surface area contributed by atoms with E-state index in [1.54, 1.807) is 7.11 Å². The van der Waals surface area contributed by atoms with Crippen molar-refractivity contribution in [1.29, 1.82) is 0 Å². The highest BCUT2D eigenvalue weighted by Crippen LogP contribution is 2.41. The lowest BCUT2D eigenvalue weighted by Gasteiger charge is -2.05. The molecule has 0 aromatic rings. The van der Waals surface area contributed by atoms with Crippen LogP contribution in [0.15, 0.2) is 24.0 Å². The molecule has 0 aromatic carbocycles. The number of hydrogen-bond acceptors (Lipinski definition) is 2. The maximum Gasteiger partial charge on any atom is 0.117 e. The van der Waals surface area contributed by atoms with Crippen molar-refractivity contribution >= 4 is 0 Å². The highest BCUT2D eigenvalue weighted by Gasteiger charge is 2.50. The van der Waals surface area contributed by atoms with Gasteiger partial charge in [-0.15, -0.1) is 0 Å². The zero-order chi connectivity index (χ0) is 7.19. The van der Waals surface area contributed by atoms with Gasteiger partial charge in [-0.1, -0.05) is 0 Å². The standard InChI is InChI=1S/C8H10O2/c1-8-4-3-6(9-2)5-7(8)10-8/h3-5,7H,1-2H3. The Kier molecular flexibility index (Phi) is 0.980. The molecule has 1 aliphatic carbocycles. The summed E-state index contributed by atoms with van der Waals surface area (Å²) in [6.45, 7) is 2.07. The van der Waals surface area contributed by atoms with Crippen molar-refractivity contribution < 1.29 is 9.47 Å². The molecule has 0 spiro atoms. The minimum Gasteiger partial charge on any atom is -0.497 e. The first-order valence-electron chi connectivity index (χ1n) is 3.37. The van der Waals surface area contributed by atoms with E-state index in [1.165, 1.54) is 0 Å². The van der Waals surface area contributed by atoms with E-state index in [0.717, 1.165) is 5.76 Å². The van der Waals surface area contributed by atoms with Gasteiger partial charge in [0.05, 0.1) is 7.11 Å². The van der Waals surface area contributed by atoms with Crippen LogP contribution < -0.4 is 0 Å². The predicted octanol–water partition coefficient (Wildman–Crippen LogP) is 1.24. The van der Waals surface area contributed by atoms with Gasteiger partial charge in [-0.3, -0.25) is 0 Å². The van der Waals surface area contributed by atoms with Crippen LogP contribution in [0, 0.1) is 0 Å². The summed E-state index contributed by atoms with van der Waals surface area (Å²) in [5.41, 5.74) is -0.0119. The molecule has 2 unspecified atom stereocenters. The molecule has 1 saturated heterocycles. The molecular formula is C8H10O2. The smallest absolute Gasteiger partial charge is 0.117 e. The Balaban J connectivity index is 2.20. The van der Waals surface area contributed by atoms with E-state index in [0.29, 0.717) is 0 Å². The lowest BCUT2D eigenvalue weighted by molar-refractivity contribution is 0.303. The monoisotopic (exact) mass is 138 g/mol. The number of rotatable bonds is 1. The van der Waals surface area contributed by atoms with Crippen LogP contribution in [0.5, 0.6) is 0 Å². The first-order valence-corrected chi connectivity index (χ1v) is 3.37. The van der Waals surface area contributed by atoms with Gasteiger partial charge in [0.15, 0.2) is 0 Å². The first-order chi connectivity index (χ1) is 4.74. The van der Waals surface area contributed by atoms with E-state index in [4.69, 9.17) is 9.47 Å². The van der Waals surface area contributed by atoms with Crippen LogP contribution in [-0.2, 0) is 9.47 Å². The van der Waals surface area contributed by atoms with E-state index >= 15 is 0 Å². The average molecular weight is 138 g/mol. The van der Waals surface area contributed by atoms with E-state index in [2.05, 4.69) is 6.92 Å². The molecule has 2 nitrogen and oxygen atoms in total. The zero-order valence-electron chi connectivity index (χ0n) is 6.13. The van der Waals surface area contributed by atoms with Gasteiger partial charge in [-0.2, -0.15) is 0 Å². The molecule has 0 aromatic heterocycles. The van der Waals surface area contributed by atoms with Crippen LogP contribution in [0.4, 0.5) is 0 Å². The summed E-state index contributed by atoms with van der Waals surface area (Å²) < 4.78 is 10.4. The molecule has 0 radical (unpaired) electrons. The van der Waals surface area contributed by atoms with Gasteiger partial charge < -0.3 is 9.47 Å². The van der Waals surface area contributed by atoms with Gasteiger partial charge in [-0.25, -0.2) is 0 Å². The largest absolute Gasteiger partial charge is 0.497 e. The molecule has 0 saturated carbocycles. The fourth-order valence-electron chi connectivity index (χ4n) is 1.16. The van der Waals surface area contributed by atoms with Crippen LogP contribution in [0.25, 0.3) is 0 Å². The van der Waals surface area contributed by atoms with Gasteiger partial charge in [0.1, 0.15) is 17.5 Å². The molecule has 2 atom stereocenters. The van der Waals surface area contributed by atoms with Crippen LogP contribution in [0.1, 0.15) is 6.92 Å². The van der Waals surface area contributed by atoms with Crippen molar-refractivity contribution in [2.75, 3.05) is 7.11 Å². The predicted molar refractivity (Wildman–Crippen MR) is 37.5 cm³/mol. The Morgan fingerprint density at radius 3 is 3.10 bits per heavy atom.